The topological polar surface area (TPSA) is 58.4 Å². The van der Waals surface area contributed by atoms with Crippen molar-refractivity contribution < 1.29 is 9.18 Å². The maximum Gasteiger partial charge on any atom is 0.335 e. The Morgan fingerprint density at radius 3 is 2.69 bits per heavy atom. The first-order chi connectivity index (χ1) is 6.11. The number of para-hydroxylation sites is 1. The van der Waals surface area contributed by atoms with Crippen molar-refractivity contribution in [3.8, 4) is 0 Å². The molecule has 0 spiro atoms. The number of urea groups is 1. The molecule has 0 aliphatic heterocycles. The van der Waals surface area contributed by atoms with Crippen LogP contribution in [0.3, 0.4) is 0 Å². The molecule has 0 bridgehead atoms. The fraction of sp³-hybridized carbons (Fsp3) is 0.125. The summed E-state index contributed by atoms with van der Waals surface area (Å²) in [6, 6.07) is 5.31. The van der Waals surface area contributed by atoms with Crippen LogP contribution in [0, 0.1) is 5.82 Å². The Morgan fingerprint density at radius 1 is 1.54 bits per heavy atom. The Labute approximate surface area is 75.1 Å². The highest BCUT2D eigenvalue weighted by Gasteiger charge is 2.06. The Balaban J connectivity index is 2.75. The Hall–Kier alpha value is -1.62. The second-order valence-electron chi connectivity index (χ2n) is 2.52. The SMILES string of the molecule is CN(N)C(=O)Nc1ccccc1F. The summed E-state index contributed by atoms with van der Waals surface area (Å²) in [5.41, 5.74) is 0.116. The molecule has 4 nitrogen and oxygen atoms in total. The number of hydrazine groups is 1. The van der Waals surface area contributed by atoms with Gasteiger partial charge in [0.1, 0.15) is 5.82 Å². The zero-order valence-corrected chi connectivity index (χ0v) is 7.12. The van der Waals surface area contributed by atoms with Crippen molar-refractivity contribution in [1.29, 1.82) is 0 Å². The molecule has 0 heterocycles. The van der Waals surface area contributed by atoms with Gasteiger partial charge in [0, 0.05) is 7.05 Å². The van der Waals surface area contributed by atoms with Crippen LogP contribution in [0.2, 0.25) is 0 Å². The first kappa shape index (κ1) is 9.47. The van der Waals surface area contributed by atoms with Gasteiger partial charge in [0.15, 0.2) is 0 Å². The van der Waals surface area contributed by atoms with Crippen LogP contribution >= 0.6 is 0 Å². The monoisotopic (exact) mass is 183 g/mol. The molecule has 70 valence electrons. The number of carbonyl (C=O) groups excluding carboxylic acids is 1. The van der Waals surface area contributed by atoms with Crippen LogP contribution in [-0.4, -0.2) is 18.1 Å². The molecule has 0 saturated carbocycles. The molecule has 0 aliphatic rings. The van der Waals surface area contributed by atoms with Crippen molar-refractivity contribution in [3.63, 3.8) is 0 Å². The van der Waals surface area contributed by atoms with Gasteiger partial charge in [-0.2, -0.15) is 0 Å². The molecule has 2 amide bonds. The Morgan fingerprint density at radius 2 is 2.15 bits per heavy atom. The molecular weight excluding hydrogens is 173 g/mol. The maximum atomic E-state index is 12.9. The average molecular weight is 183 g/mol. The predicted molar refractivity (Wildman–Crippen MR) is 47.4 cm³/mol. The fourth-order valence-corrected chi connectivity index (χ4v) is 0.766. The fourth-order valence-electron chi connectivity index (χ4n) is 0.766. The largest absolute Gasteiger partial charge is 0.335 e. The molecule has 3 N–H and O–H groups in total. The van der Waals surface area contributed by atoms with Crippen molar-refractivity contribution in [3.05, 3.63) is 30.1 Å². The standard InChI is InChI=1S/C8H10FN3O/c1-12(10)8(13)11-7-5-3-2-4-6(7)9/h2-5H,10H2,1H3,(H,11,13). The van der Waals surface area contributed by atoms with E-state index in [2.05, 4.69) is 5.32 Å². The summed E-state index contributed by atoms with van der Waals surface area (Å²) >= 11 is 0. The minimum absolute atomic E-state index is 0.116. The van der Waals surface area contributed by atoms with Crippen LogP contribution in [0.1, 0.15) is 0 Å². The van der Waals surface area contributed by atoms with E-state index in [0.29, 0.717) is 0 Å². The first-order valence-electron chi connectivity index (χ1n) is 3.65. The summed E-state index contributed by atoms with van der Waals surface area (Å²) < 4.78 is 12.9. The van der Waals surface area contributed by atoms with E-state index in [1.165, 1.54) is 25.2 Å². The number of amides is 2. The molecule has 1 aromatic carbocycles. The lowest BCUT2D eigenvalue weighted by Gasteiger charge is -2.11. The van der Waals surface area contributed by atoms with Crippen LogP contribution in [-0.2, 0) is 0 Å². The third-order valence-corrected chi connectivity index (χ3v) is 1.44. The highest BCUT2D eigenvalue weighted by Crippen LogP contribution is 2.12. The van der Waals surface area contributed by atoms with Gasteiger partial charge in [-0.25, -0.2) is 15.0 Å². The van der Waals surface area contributed by atoms with E-state index in [1.54, 1.807) is 6.07 Å². The first-order valence-corrected chi connectivity index (χ1v) is 3.65. The zero-order chi connectivity index (χ0) is 9.84. The number of nitrogens with two attached hydrogens (primary N) is 1. The van der Waals surface area contributed by atoms with E-state index in [1.807, 2.05) is 0 Å². The molecule has 0 radical (unpaired) electrons. The van der Waals surface area contributed by atoms with Gasteiger partial charge in [0.2, 0.25) is 0 Å². The third kappa shape index (κ3) is 2.41. The lowest BCUT2D eigenvalue weighted by molar-refractivity contribution is 0.223. The van der Waals surface area contributed by atoms with Crippen LogP contribution in [0.5, 0.6) is 0 Å². The van der Waals surface area contributed by atoms with Crippen molar-refractivity contribution in [2.45, 2.75) is 0 Å². The summed E-state index contributed by atoms with van der Waals surface area (Å²) in [6.45, 7) is 0. The second-order valence-corrected chi connectivity index (χ2v) is 2.52. The summed E-state index contributed by atoms with van der Waals surface area (Å²) in [5.74, 6) is 4.64. The number of rotatable bonds is 1. The molecule has 1 rings (SSSR count). The average Bonchev–Trinajstić information content (AvgIpc) is 2.08. The molecule has 0 aromatic heterocycles. The molecule has 1 aromatic rings. The minimum atomic E-state index is -0.565. The Bertz CT molecular complexity index is 314. The van der Waals surface area contributed by atoms with Crippen molar-refractivity contribution in [2.75, 3.05) is 12.4 Å². The number of nitrogens with one attached hydrogen (secondary N) is 1. The summed E-state index contributed by atoms with van der Waals surface area (Å²) in [7, 11) is 1.37. The van der Waals surface area contributed by atoms with Gasteiger partial charge in [-0.1, -0.05) is 12.1 Å². The van der Waals surface area contributed by atoms with Gasteiger partial charge in [-0.3, -0.25) is 5.01 Å². The molecule has 0 atom stereocenters. The van der Waals surface area contributed by atoms with Crippen LogP contribution < -0.4 is 11.2 Å². The molecule has 0 unspecified atom stereocenters. The predicted octanol–water partition coefficient (Wildman–Crippen LogP) is 1.16. The van der Waals surface area contributed by atoms with Crippen molar-refractivity contribution in [1.82, 2.24) is 5.01 Å². The normalized spacial score (nSPS) is 9.46. The third-order valence-electron chi connectivity index (χ3n) is 1.44. The maximum absolute atomic E-state index is 12.9. The van der Waals surface area contributed by atoms with E-state index in [0.717, 1.165) is 5.01 Å². The van der Waals surface area contributed by atoms with Crippen LogP contribution in [0.4, 0.5) is 14.9 Å². The van der Waals surface area contributed by atoms with E-state index >= 15 is 0 Å². The van der Waals surface area contributed by atoms with Gasteiger partial charge in [0.25, 0.3) is 0 Å². The summed E-state index contributed by atoms with van der Waals surface area (Å²) in [4.78, 5) is 11.0. The highest BCUT2D eigenvalue weighted by atomic mass is 19.1. The number of benzene rings is 1. The van der Waals surface area contributed by atoms with Gasteiger partial charge in [0.05, 0.1) is 5.69 Å². The van der Waals surface area contributed by atoms with Crippen molar-refractivity contribution >= 4 is 11.7 Å². The molecule has 13 heavy (non-hydrogen) atoms. The van der Waals surface area contributed by atoms with E-state index in [4.69, 9.17) is 5.84 Å². The highest BCUT2D eigenvalue weighted by molar-refractivity contribution is 5.88. The summed E-state index contributed by atoms with van der Waals surface area (Å²) in [6.07, 6.45) is 0. The van der Waals surface area contributed by atoms with Gasteiger partial charge in [-0.05, 0) is 12.1 Å². The lowest BCUT2D eigenvalue weighted by atomic mass is 10.3. The zero-order valence-electron chi connectivity index (χ0n) is 7.12. The lowest BCUT2D eigenvalue weighted by Crippen LogP contribution is -2.37. The van der Waals surface area contributed by atoms with E-state index in [9.17, 15) is 9.18 Å². The molecule has 0 aliphatic carbocycles. The smallest absolute Gasteiger partial charge is 0.304 e. The number of nitrogens with zero attached hydrogens (tertiary/aromatic N) is 1. The Kier molecular flexibility index (Phi) is 2.81. The molecular formula is C8H10FN3O. The van der Waals surface area contributed by atoms with E-state index in [-0.39, 0.29) is 5.69 Å². The number of hydrogen-bond donors (Lipinski definition) is 2. The molecule has 0 fully saturated rings. The number of anilines is 1. The number of hydrogen-bond acceptors (Lipinski definition) is 2. The summed E-state index contributed by atoms with van der Waals surface area (Å²) in [5, 5.41) is 3.14. The minimum Gasteiger partial charge on any atom is -0.304 e. The van der Waals surface area contributed by atoms with Crippen LogP contribution in [0.25, 0.3) is 0 Å². The number of halogens is 1. The van der Waals surface area contributed by atoms with Gasteiger partial charge >= 0.3 is 6.03 Å². The number of carbonyl (C=O) groups is 1. The van der Waals surface area contributed by atoms with E-state index < -0.39 is 11.8 Å². The van der Waals surface area contributed by atoms with Crippen LogP contribution in [0.15, 0.2) is 24.3 Å². The quantitative estimate of drug-likeness (QED) is 0.390. The van der Waals surface area contributed by atoms with Gasteiger partial charge < -0.3 is 5.32 Å². The second kappa shape index (κ2) is 3.86. The molecule has 0 saturated heterocycles. The van der Waals surface area contributed by atoms with Gasteiger partial charge in [-0.15, -0.1) is 0 Å². The van der Waals surface area contributed by atoms with Crippen molar-refractivity contribution in [2.24, 2.45) is 5.84 Å². The molecule has 5 heteroatoms.